The second kappa shape index (κ2) is 6.33. The molecule has 108 valence electrons. The Morgan fingerprint density at radius 2 is 1.75 bits per heavy atom. The molecule has 1 rings (SSSR count). The van der Waals surface area contributed by atoms with E-state index < -0.39 is 18.0 Å². The third-order valence-corrected chi connectivity index (χ3v) is 2.89. The first-order chi connectivity index (χ1) is 9.22. The molecule has 0 saturated carbocycles. The highest BCUT2D eigenvalue weighted by molar-refractivity contribution is 7.80. The maximum atomic E-state index is 11.6. The van der Waals surface area contributed by atoms with E-state index in [2.05, 4.69) is 0 Å². The molecular weight excluding hydrogens is 278 g/mol. The Balaban J connectivity index is 2.95. The van der Waals surface area contributed by atoms with E-state index >= 15 is 0 Å². The summed E-state index contributed by atoms with van der Waals surface area (Å²) >= 11 is 4.92. The monoisotopic (exact) mass is 295 g/mol. The number of hydrogen-bond acceptors (Lipinski definition) is 4. The number of ether oxygens (including phenoxy) is 1. The van der Waals surface area contributed by atoms with Crippen LogP contribution in [0.2, 0.25) is 0 Å². The second-order valence-electron chi connectivity index (χ2n) is 4.42. The van der Waals surface area contributed by atoms with Gasteiger partial charge in [0.25, 0.3) is 5.91 Å². The molecule has 0 saturated heterocycles. The maximum absolute atomic E-state index is 11.6. The van der Waals surface area contributed by atoms with Gasteiger partial charge in [-0.3, -0.25) is 10.1 Å². The average Bonchev–Trinajstić information content (AvgIpc) is 2.32. The Labute approximate surface area is 122 Å². The van der Waals surface area contributed by atoms with Crippen LogP contribution in [0.4, 0.5) is 4.79 Å². The molecule has 0 aromatic heterocycles. The van der Waals surface area contributed by atoms with Gasteiger partial charge in [-0.25, -0.2) is 4.79 Å². The van der Waals surface area contributed by atoms with E-state index in [1.165, 1.54) is 6.92 Å². The van der Waals surface area contributed by atoms with E-state index in [1.54, 1.807) is 12.1 Å². The number of urea groups is 1. The van der Waals surface area contributed by atoms with Gasteiger partial charge in [0.1, 0.15) is 10.7 Å². The summed E-state index contributed by atoms with van der Waals surface area (Å²) in [7, 11) is 0. The Bertz CT molecular complexity index is 549. The Morgan fingerprint density at radius 1 is 1.25 bits per heavy atom. The lowest BCUT2D eigenvalue weighted by molar-refractivity contribution is -0.126. The van der Waals surface area contributed by atoms with E-state index in [0.717, 1.165) is 16.7 Å². The fraction of sp³-hybridized carbons (Fsp3) is 0.308. The number of carbonyl (C=O) groups is 2. The SMILES string of the molecule is Cc1cc(C(N)=S)cc(C)c1OC(C)C(=O)NC(N)=O. The molecule has 20 heavy (non-hydrogen) atoms. The van der Waals surface area contributed by atoms with Crippen LogP contribution in [-0.2, 0) is 4.79 Å². The molecule has 3 amide bonds. The zero-order valence-corrected chi connectivity index (χ0v) is 12.3. The van der Waals surface area contributed by atoms with Crippen molar-refractivity contribution in [3.63, 3.8) is 0 Å². The van der Waals surface area contributed by atoms with Crippen LogP contribution >= 0.6 is 12.2 Å². The molecule has 0 radical (unpaired) electrons. The van der Waals surface area contributed by atoms with E-state index in [-0.39, 0.29) is 0 Å². The summed E-state index contributed by atoms with van der Waals surface area (Å²) in [6, 6.07) is 2.65. The second-order valence-corrected chi connectivity index (χ2v) is 4.86. The van der Waals surface area contributed by atoms with Crippen molar-refractivity contribution < 1.29 is 14.3 Å². The first kappa shape index (κ1) is 15.9. The standard InChI is InChI=1S/C13H17N3O3S/c1-6-4-9(11(14)20)5-7(2)10(6)19-8(3)12(17)16-13(15)18/h4-5,8H,1-3H3,(H2,14,20)(H3,15,16,17,18). The lowest BCUT2D eigenvalue weighted by Crippen LogP contribution is -2.42. The summed E-state index contributed by atoms with van der Waals surface area (Å²) in [6.45, 7) is 5.17. The van der Waals surface area contributed by atoms with Crippen molar-refractivity contribution in [1.29, 1.82) is 0 Å². The first-order valence-corrected chi connectivity index (χ1v) is 6.31. The molecule has 6 nitrogen and oxygen atoms in total. The number of hydrogen-bond donors (Lipinski definition) is 3. The van der Waals surface area contributed by atoms with Gasteiger partial charge in [0.05, 0.1) is 0 Å². The highest BCUT2D eigenvalue weighted by Crippen LogP contribution is 2.26. The Hall–Kier alpha value is -2.15. The number of primary amides is 1. The highest BCUT2D eigenvalue weighted by atomic mass is 32.1. The van der Waals surface area contributed by atoms with Gasteiger partial charge in [-0.15, -0.1) is 0 Å². The van der Waals surface area contributed by atoms with Crippen LogP contribution in [0.1, 0.15) is 23.6 Å². The molecule has 0 heterocycles. The molecule has 1 atom stereocenters. The predicted molar refractivity (Wildman–Crippen MR) is 79.6 cm³/mol. The smallest absolute Gasteiger partial charge is 0.318 e. The largest absolute Gasteiger partial charge is 0.480 e. The molecule has 1 aromatic carbocycles. The number of nitrogens with two attached hydrogens (primary N) is 2. The molecule has 0 aliphatic carbocycles. The molecule has 0 aliphatic heterocycles. The number of carbonyl (C=O) groups excluding carboxylic acids is 2. The third kappa shape index (κ3) is 3.92. The zero-order chi connectivity index (χ0) is 15.4. The van der Waals surface area contributed by atoms with E-state index in [1.807, 2.05) is 19.2 Å². The molecule has 0 aliphatic rings. The minimum atomic E-state index is -0.914. The highest BCUT2D eigenvalue weighted by Gasteiger charge is 2.18. The number of amides is 3. The predicted octanol–water partition coefficient (Wildman–Crippen LogP) is 0.900. The van der Waals surface area contributed by atoms with Crippen LogP contribution in [0.5, 0.6) is 5.75 Å². The lowest BCUT2D eigenvalue weighted by atomic mass is 10.1. The van der Waals surface area contributed by atoms with Crippen molar-refractivity contribution in [3.8, 4) is 5.75 Å². The first-order valence-electron chi connectivity index (χ1n) is 5.90. The normalized spacial score (nSPS) is 11.6. The number of nitrogens with one attached hydrogen (secondary N) is 1. The summed E-state index contributed by atoms with van der Waals surface area (Å²) in [6.07, 6.45) is -0.851. The van der Waals surface area contributed by atoms with Gasteiger partial charge < -0.3 is 16.2 Å². The van der Waals surface area contributed by atoms with Gasteiger partial charge in [0.15, 0.2) is 6.10 Å². The fourth-order valence-corrected chi connectivity index (χ4v) is 1.85. The summed E-state index contributed by atoms with van der Waals surface area (Å²) in [4.78, 5) is 22.5. The van der Waals surface area contributed by atoms with E-state index in [0.29, 0.717) is 10.7 Å². The van der Waals surface area contributed by atoms with Crippen molar-refractivity contribution in [1.82, 2.24) is 5.32 Å². The van der Waals surface area contributed by atoms with Crippen molar-refractivity contribution >= 4 is 29.1 Å². The van der Waals surface area contributed by atoms with Gasteiger partial charge in [-0.2, -0.15) is 0 Å². The van der Waals surface area contributed by atoms with Crippen LogP contribution in [0.15, 0.2) is 12.1 Å². The van der Waals surface area contributed by atoms with Gasteiger partial charge in [0.2, 0.25) is 0 Å². The van der Waals surface area contributed by atoms with Crippen molar-refractivity contribution in [2.75, 3.05) is 0 Å². The quantitative estimate of drug-likeness (QED) is 0.715. The number of aryl methyl sites for hydroxylation is 2. The van der Waals surface area contributed by atoms with E-state index in [4.69, 9.17) is 28.4 Å². The van der Waals surface area contributed by atoms with Gasteiger partial charge in [-0.1, -0.05) is 12.2 Å². The summed E-state index contributed by atoms with van der Waals surface area (Å²) in [5.41, 5.74) is 12.8. The maximum Gasteiger partial charge on any atom is 0.318 e. The number of imide groups is 1. The summed E-state index contributed by atoms with van der Waals surface area (Å²) < 4.78 is 5.57. The molecular formula is C13H17N3O3S. The molecule has 0 spiro atoms. The van der Waals surface area contributed by atoms with E-state index in [9.17, 15) is 9.59 Å². The minimum absolute atomic E-state index is 0.294. The van der Waals surface area contributed by atoms with Crippen molar-refractivity contribution in [3.05, 3.63) is 28.8 Å². The van der Waals surface area contributed by atoms with Gasteiger partial charge in [-0.05, 0) is 44.0 Å². The molecule has 0 fully saturated rings. The average molecular weight is 295 g/mol. The van der Waals surface area contributed by atoms with Crippen LogP contribution in [0.25, 0.3) is 0 Å². The van der Waals surface area contributed by atoms with Crippen LogP contribution in [0, 0.1) is 13.8 Å². The minimum Gasteiger partial charge on any atom is -0.480 e. The summed E-state index contributed by atoms with van der Waals surface area (Å²) in [5, 5.41) is 1.97. The number of benzene rings is 1. The zero-order valence-electron chi connectivity index (χ0n) is 11.5. The molecule has 1 aromatic rings. The molecule has 1 unspecified atom stereocenters. The van der Waals surface area contributed by atoms with Crippen molar-refractivity contribution in [2.24, 2.45) is 11.5 Å². The van der Waals surface area contributed by atoms with Gasteiger partial charge in [0, 0.05) is 5.56 Å². The van der Waals surface area contributed by atoms with Crippen LogP contribution < -0.4 is 21.5 Å². The number of rotatable bonds is 4. The van der Waals surface area contributed by atoms with Crippen LogP contribution in [0.3, 0.4) is 0 Å². The van der Waals surface area contributed by atoms with Crippen molar-refractivity contribution in [2.45, 2.75) is 26.9 Å². The van der Waals surface area contributed by atoms with Crippen LogP contribution in [-0.4, -0.2) is 23.0 Å². The molecule has 7 heteroatoms. The Kier molecular flexibility index (Phi) is 5.04. The number of thiocarbonyl (C=S) groups is 1. The summed E-state index contributed by atoms with van der Waals surface area (Å²) in [5.74, 6) is -0.0492. The van der Waals surface area contributed by atoms with Gasteiger partial charge >= 0.3 is 6.03 Å². The third-order valence-electron chi connectivity index (χ3n) is 2.66. The Morgan fingerprint density at radius 3 is 2.15 bits per heavy atom. The lowest BCUT2D eigenvalue weighted by Gasteiger charge is -2.18. The molecule has 0 bridgehead atoms. The fourth-order valence-electron chi connectivity index (χ4n) is 1.73. The molecule has 5 N–H and O–H groups in total. The topological polar surface area (TPSA) is 107 Å².